The second-order valence-electron chi connectivity index (χ2n) is 4.40. The van der Waals surface area contributed by atoms with Crippen LogP contribution in [0.15, 0.2) is 42.6 Å². The molecule has 0 aliphatic heterocycles. The van der Waals surface area contributed by atoms with Gasteiger partial charge in [-0.1, -0.05) is 6.07 Å². The van der Waals surface area contributed by atoms with Crippen molar-refractivity contribution in [1.82, 2.24) is 10.4 Å². The number of carbonyl (C=O) groups excluding carboxylic acids is 1. The summed E-state index contributed by atoms with van der Waals surface area (Å²) in [7, 11) is 1.63. The van der Waals surface area contributed by atoms with E-state index in [9.17, 15) is 4.79 Å². The van der Waals surface area contributed by atoms with E-state index in [2.05, 4.69) is 15.7 Å². The summed E-state index contributed by atoms with van der Waals surface area (Å²) < 4.78 is 10.5. The number of anilines is 2. The Morgan fingerprint density at radius 3 is 2.82 bits per heavy atom. The van der Waals surface area contributed by atoms with Gasteiger partial charge in [-0.05, 0) is 24.3 Å². The number of nitrogens with zero attached hydrogens (tertiary/aromatic N) is 1. The van der Waals surface area contributed by atoms with Crippen LogP contribution >= 0.6 is 0 Å². The van der Waals surface area contributed by atoms with Crippen LogP contribution in [-0.4, -0.2) is 31.2 Å². The third kappa shape index (κ3) is 4.44. The number of aromatic nitrogens is 1. The molecule has 1 amide bonds. The van der Waals surface area contributed by atoms with E-state index in [0.717, 1.165) is 11.4 Å². The van der Waals surface area contributed by atoms with Gasteiger partial charge in [0.15, 0.2) is 0 Å². The number of carbonyl (C=O) groups is 1. The molecule has 1 aromatic heterocycles. The molecular weight excluding hydrogens is 284 g/mol. The Morgan fingerprint density at radius 1 is 1.27 bits per heavy atom. The number of amides is 1. The maximum atomic E-state index is 11.3. The zero-order chi connectivity index (χ0) is 15.8. The zero-order valence-corrected chi connectivity index (χ0v) is 12.2. The summed E-state index contributed by atoms with van der Waals surface area (Å²) in [4.78, 5) is 15.5. The van der Waals surface area contributed by atoms with Crippen LogP contribution < -0.4 is 21.3 Å². The monoisotopic (exact) mass is 302 g/mol. The van der Waals surface area contributed by atoms with Gasteiger partial charge < -0.3 is 14.8 Å². The minimum atomic E-state index is -0.382. The van der Waals surface area contributed by atoms with E-state index in [-0.39, 0.29) is 5.91 Å². The minimum Gasteiger partial charge on any atom is -0.491 e. The number of benzene rings is 1. The molecular formula is C15H18N4O3. The van der Waals surface area contributed by atoms with Crippen molar-refractivity contribution in [2.75, 3.05) is 25.6 Å². The van der Waals surface area contributed by atoms with Crippen molar-refractivity contribution < 1.29 is 14.3 Å². The predicted molar refractivity (Wildman–Crippen MR) is 83.0 cm³/mol. The molecule has 1 heterocycles. The first kappa shape index (κ1) is 15.7. The number of hydrogen-bond donors (Lipinski definition) is 3. The van der Waals surface area contributed by atoms with Crippen molar-refractivity contribution in [3.8, 4) is 5.75 Å². The molecule has 7 nitrogen and oxygen atoms in total. The molecule has 0 bridgehead atoms. The lowest BCUT2D eigenvalue weighted by molar-refractivity contribution is 0.0953. The summed E-state index contributed by atoms with van der Waals surface area (Å²) in [5.41, 5.74) is 3.28. The first-order valence-corrected chi connectivity index (χ1v) is 6.69. The van der Waals surface area contributed by atoms with Crippen LogP contribution in [0.25, 0.3) is 0 Å². The van der Waals surface area contributed by atoms with Gasteiger partial charge in [0.25, 0.3) is 5.91 Å². The summed E-state index contributed by atoms with van der Waals surface area (Å²) in [6, 6.07) is 10.8. The van der Waals surface area contributed by atoms with Crippen molar-refractivity contribution >= 4 is 17.4 Å². The number of ether oxygens (including phenoxy) is 2. The SMILES string of the molecule is COCCOc1cccc(Nc2ccc(C(=O)NN)cn2)c1. The summed E-state index contributed by atoms with van der Waals surface area (Å²) in [5.74, 6) is 6.04. The van der Waals surface area contributed by atoms with Crippen molar-refractivity contribution in [1.29, 1.82) is 0 Å². The fourth-order valence-corrected chi connectivity index (χ4v) is 1.74. The lowest BCUT2D eigenvalue weighted by Crippen LogP contribution is -2.30. The zero-order valence-electron chi connectivity index (χ0n) is 12.2. The Kier molecular flexibility index (Phi) is 5.70. The molecule has 1 aromatic carbocycles. The molecule has 7 heteroatoms. The van der Waals surface area contributed by atoms with E-state index in [1.807, 2.05) is 24.3 Å². The molecule has 0 spiro atoms. The van der Waals surface area contributed by atoms with Gasteiger partial charge in [-0.25, -0.2) is 10.8 Å². The first-order chi connectivity index (χ1) is 10.7. The van der Waals surface area contributed by atoms with Crippen molar-refractivity contribution in [2.45, 2.75) is 0 Å². The van der Waals surface area contributed by atoms with Gasteiger partial charge in [-0.2, -0.15) is 0 Å². The number of nitrogens with one attached hydrogen (secondary N) is 2. The molecule has 2 rings (SSSR count). The Balaban J connectivity index is 2.01. The van der Waals surface area contributed by atoms with Gasteiger partial charge in [-0.15, -0.1) is 0 Å². The maximum Gasteiger partial charge on any atom is 0.266 e. The van der Waals surface area contributed by atoms with Crippen LogP contribution in [0.4, 0.5) is 11.5 Å². The van der Waals surface area contributed by atoms with Gasteiger partial charge in [0.2, 0.25) is 0 Å². The van der Waals surface area contributed by atoms with Crippen LogP contribution in [-0.2, 0) is 4.74 Å². The van der Waals surface area contributed by atoms with E-state index in [1.165, 1.54) is 6.20 Å². The number of pyridine rings is 1. The normalized spacial score (nSPS) is 10.1. The number of hydrazine groups is 1. The molecule has 0 radical (unpaired) electrons. The highest BCUT2D eigenvalue weighted by molar-refractivity contribution is 5.93. The lowest BCUT2D eigenvalue weighted by atomic mass is 10.2. The van der Waals surface area contributed by atoms with E-state index in [4.69, 9.17) is 15.3 Å². The fourth-order valence-electron chi connectivity index (χ4n) is 1.74. The van der Waals surface area contributed by atoms with E-state index < -0.39 is 0 Å². The van der Waals surface area contributed by atoms with Crippen LogP contribution in [0.2, 0.25) is 0 Å². The summed E-state index contributed by atoms with van der Waals surface area (Å²) >= 11 is 0. The van der Waals surface area contributed by atoms with E-state index in [0.29, 0.717) is 24.6 Å². The number of hydrogen-bond acceptors (Lipinski definition) is 6. The van der Waals surface area contributed by atoms with E-state index in [1.54, 1.807) is 19.2 Å². The average Bonchev–Trinajstić information content (AvgIpc) is 2.55. The third-order valence-electron chi connectivity index (χ3n) is 2.82. The standard InChI is InChI=1S/C15H18N4O3/c1-21-7-8-22-13-4-2-3-12(9-13)18-14-6-5-11(10-17-14)15(20)19-16/h2-6,9-10H,7-8,16H2,1H3,(H,17,18)(H,19,20). The Bertz CT molecular complexity index is 616. The molecule has 4 N–H and O–H groups in total. The minimum absolute atomic E-state index is 0.382. The number of nitrogen functional groups attached to an aromatic ring is 1. The third-order valence-corrected chi connectivity index (χ3v) is 2.82. The van der Waals surface area contributed by atoms with Gasteiger partial charge in [0.1, 0.15) is 18.2 Å². The summed E-state index contributed by atoms with van der Waals surface area (Å²) in [5, 5.41) is 3.13. The smallest absolute Gasteiger partial charge is 0.266 e. The molecule has 2 aromatic rings. The van der Waals surface area contributed by atoms with Crippen LogP contribution in [0.1, 0.15) is 10.4 Å². The molecule has 0 saturated carbocycles. The highest BCUT2D eigenvalue weighted by atomic mass is 16.5. The van der Waals surface area contributed by atoms with Crippen LogP contribution in [0.5, 0.6) is 5.75 Å². The topological polar surface area (TPSA) is 98.5 Å². The highest BCUT2D eigenvalue weighted by Gasteiger charge is 2.04. The quantitative estimate of drug-likeness (QED) is 0.310. The largest absolute Gasteiger partial charge is 0.491 e. The lowest BCUT2D eigenvalue weighted by Gasteiger charge is -2.09. The Morgan fingerprint density at radius 2 is 2.14 bits per heavy atom. The van der Waals surface area contributed by atoms with Gasteiger partial charge in [0, 0.05) is 25.1 Å². The number of nitrogens with two attached hydrogens (primary N) is 1. The molecule has 0 aliphatic rings. The van der Waals surface area contributed by atoms with Crippen LogP contribution in [0, 0.1) is 0 Å². The van der Waals surface area contributed by atoms with Crippen molar-refractivity contribution in [2.24, 2.45) is 5.84 Å². The molecule has 0 aliphatic carbocycles. The Labute approximate surface area is 128 Å². The highest BCUT2D eigenvalue weighted by Crippen LogP contribution is 2.20. The number of rotatable bonds is 7. The molecule has 116 valence electrons. The average molecular weight is 302 g/mol. The predicted octanol–water partition coefficient (Wildman–Crippen LogP) is 1.45. The summed E-state index contributed by atoms with van der Waals surface area (Å²) in [6.07, 6.45) is 1.45. The van der Waals surface area contributed by atoms with Crippen molar-refractivity contribution in [3.63, 3.8) is 0 Å². The maximum absolute atomic E-state index is 11.3. The second-order valence-corrected chi connectivity index (χ2v) is 4.40. The van der Waals surface area contributed by atoms with Gasteiger partial charge in [0.05, 0.1) is 12.2 Å². The molecule has 0 saturated heterocycles. The summed E-state index contributed by atoms with van der Waals surface area (Å²) in [6.45, 7) is 1.02. The molecule has 0 atom stereocenters. The first-order valence-electron chi connectivity index (χ1n) is 6.69. The number of methoxy groups -OCH3 is 1. The fraction of sp³-hybridized carbons (Fsp3) is 0.200. The van der Waals surface area contributed by atoms with E-state index >= 15 is 0 Å². The van der Waals surface area contributed by atoms with Crippen molar-refractivity contribution in [3.05, 3.63) is 48.2 Å². The Hall–Kier alpha value is -2.64. The molecule has 0 unspecified atom stereocenters. The van der Waals surface area contributed by atoms with Crippen LogP contribution in [0.3, 0.4) is 0 Å². The van der Waals surface area contributed by atoms with Gasteiger partial charge >= 0.3 is 0 Å². The molecule has 22 heavy (non-hydrogen) atoms. The molecule has 0 fully saturated rings. The van der Waals surface area contributed by atoms with Gasteiger partial charge in [-0.3, -0.25) is 10.2 Å². The second kappa shape index (κ2) is 7.96.